The quantitative estimate of drug-likeness (QED) is 0.460. The molecule has 3 rings (SSSR count). The minimum absolute atomic E-state index is 0.0291. The summed E-state index contributed by atoms with van der Waals surface area (Å²) < 4.78 is 1.53. The van der Waals surface area contributed by atoms with Crippen LogP contribution in [0.4, 0.5) is 0 Å². The maximum absolute atomic E-state index is 12.8. The van der Waals surface area contributed by atoms with Gasteiger partial charge in [0.05, 0.1) is 13.1 Å². The van der Waals surface area contributed by atoms with E-state index < -0.39 is 5.54 Å². The van der Waals surface area contributed by atoms with Crippen LogP contribution in [-0.4, -0.2) is 70.2 Å². The van der Waals surface area contributed by atoms with Gasteiger partial charge in [0.15, 0.2) is 5.78 Å². The van der Waals surface area contributed by atoms with Crippen molar-refractivity contribution in [2.75, 3.05) is 32.7 Å². The van der Waals surface area contributed by atoms with Gasteiger partial charge in [-0.25, -0.2) is 0 Å². The van der Waals surface area contributed by atoms with Crippen LogP contribution < -0.4 is 10.9 Å². The fourth-order valence-electron chi connectivity index (χ4n) is 3.79. The second kappa shape index (κ2) is 8.73. The lowest BCUT2D eigenvalue weighted by Crippen LogP contribution is -2.61. The van der Waals surface area contributed by atoms with E-state index in [0.717, 1.165) is 18.4 Å². The number of hydrogen-bond acceptors (Lipinski definition) is 5. The Morgan fingerprint density at radius 2 is 2.03 bits per heavy atom. The van der Waals surface area contributed by atoms with Crippen molar-refractivity contribution in [1.29, 1.82) is 0 Å². The van der Waals surface area contributed by atoms with Gasteiger partial charge in [0, 0.05) is 32.4 Å². The predicted octanol–water partition coefficient (Wildman–Crippen LogP) is -0.134. The molecule has 0 radical (unpaired) electrons. The fourth-order valence-corrected chi connectivity index (χ4v) is 3.79. The Kier molecular flexibility index (Phi) is 6.32. The normalized spacial score (nSPS) is 17.5. The van der Waals surface area contributed by atoms with Gasteiger partial charge in [-0.3, -0.25) is 19.2 Å². The third kappa shape index (κ3) is 4.64. The number of ketones is 1. The van der Waals surface area contributed by atoms with Crippen molar-refractivity contribution >= 4 is 17.6 Å². The second-order valence-corrected chi connectivity index (χ2v) is 7.76. The summed E-state index contributed by atoms with van der Waals surface area (Å²) >= 11 is 0. The number of hydrogen-bond donors (Lipinski definition) is 1. The fraction of sp³-hybridized carbons (Fsp3) is 0.524. The minimum Gasteiger partial charge on any atom is -0.331 e. The molecule has 1 aromatic heterocycles. The van der Waals surface area contributed by atoms with Crippen molar-refractivity contribution in [3.8, 4) is 0 Å². The van der Waals surface area contributed by atoms with E-state index in [0.29, 0.717) is 32.5 Å². The molecule has 1 saturated heterocycles. The van der Waals surface area contributed by atoms with Crippen LogP contribution in [0.15, 0.2) is 35.8 Å². The summed E-state index contributed by atoms with van der Waals surface area (Å²) in [6.07, 6.45) is 5.86. The number of Topliss-reactive ketones (excluding diaryl/α,β-unsaturated/α-hetero) is 1. The summed E-state index contributed by atoms with van der Waals surface area (Å²) in [6.45, 7) is 5.23. The number of piperazine rings is 1. The second-order valence-electron chi connectivity index (χ2n) is 7.76. The van der Waals surface area contributed by atoms with Crippen molar-refractivity contribution in [1.82, 2.24) is 19.7 Å². The van der Waals surface area contributed by atoms with E-state index in [1.165, 1.54) is 10.6 Å². The molecular weight excluding hydrogens is 372 g/mol. The van der Waals surface area contributed by atoms with Gasteiger partial charge in [-0.1, -0.05) is 6.58 Å². The molecule has 0 bridgehead atoms. The molecule has 2 amide bonds. The average Bonchev–Trinajstić information content (AvgIpc) is 3.49. The number of nitrogens with one attached hydrogen (secondary N) is 1. The molecule has 1 N–H and O–H groups in total. The van der Waals surface area contributed by atoms with Gasteiger partial charge < -0.3 is 19.7 Å². The molecule has 0 atom stereocenters. The van der Waals surface area contributed by atoms with Gasteiger partial charge in [-0.15, -0.1) is 0 Å². The summed E-state index contributed by atoms with van der Waals surface area (Å²) in [5.41, 5.74) is 0.205. The minimum atomic E-state index is -0.746. The van der Waals surface area contributed by atoms with Crippen LogP contribution in [0.25, 0.3) is 0 Å². The summed E-state index contributed by atoms with van der Waals surface area (Å²) in [4.78, 5) is 51.8. The number of amides is 2. The molecule has 1 spiro atoms. The lowest BCUT2D eigenvalue weighted by molar-refractivity contribution is -0.152. The highest BCUT2D eigenvalue weighted by Crippen LogP contribution is 2.45. The zero-order chi connectivity index (χ0) is 21.0. The van der Waals surface area contributed by atoms with Crippen LogP contribution in [0.1, 0.15) is 24.8 Å². The van der Waals surface area contributed by atoms with Gasteiger partial charge in [0.1, 0.15) is 5.54 Å². The molecule has 156 valence electrons. The maximum atomic E-state index is 12.8. The summed E-state index contributed by atoms with van der Waals surface area (Å²) in [6, 6.07) is 3.55. The van der Waals surface area contributed by atoms with E-state index in [1.807, 2.05) is 6.07 Å². The van der Waals surface area contributed by atoms with E-state index in [2.05, 4.69) is 11.9 Å². The maximum Gasteiger partial charge on any atom is 0.250 e. The molecule has 2 heterocycles. The first-order valence-electron chi connectivity index (χ1n) is 9.99. The van der Waals surface area contributed by atoms with Gasteiger partial charge in [-0.2, -0.15) is 0 Å². The van der Waals surface area contributed by atoms with E-state index in [9.17, 15) is 19.2 Å². The monoisotopic (exact) mass is 400 g/mol. The Labute approximate surface area is 170 Å². The Morgan fingerprint density at radius 1 is 1.28 bits per heavy atom. The third-order valence-corrected chi connectivity index (χ3v) is 5.64. The number of pyridine rings is 1. The molecule has 1 aromatic rings. The Morgan fingerprint density at radius 3 is 2.69 bits per heavy atom. The van der Waals surface area contributed by atoms with Crippen molar-refractivity contribution in [2.24, 2.45) is 7.05 Å². The smallest absolute Gasteiger partial charge is 0.250 e. The van der Waals surface area contributed by atoms with Crippen LogP contribution in [0.3, 0.4) is 0 Å². The zero-order valence-corrected chi connectivity index (χ0v) is 16.9. The number of aryl methyl sites for hydroxylation is 2. The molecular formula is C21H28N4O4. The molecule has 2 aliphatic rings. The number of nitrogens with zero attached hydrogens (tertiary/aromatic N) is 3. The lowest BCUT2D eigenvalue weighted by atomic mass is 10.1. The molecule has 29 heavy (non-hydrogen) atoms. The number of carbonyl (C=O) groups is 3. The summed E-state index contributed by atoms with van der Waals surface area (Å²) in [5, 5.41) is 3.11. The number of aromatic nitrogens is 1. The van der Waals surface area contributed by atoms with E-state index >= 15 is 0 Å². The molecule has 2 fully saturated rings. The zero-order valence-electron chi connectivity index (χ0n) is 16.9. The summed E-state index contributed by atoms with van der Waals surface area (Å²) in [5.74, 6) is -0.399. The van der Waals surface area contributed by atoms with Crippen LogP contribution >= 0.6 is 0 Å². The van der Waals surface area contributed by atoms with Crippen LogP contribution in [0.2, 0.25) is 0 Å². The number of rotatable bonds is 9. The van der Waals surface area contributed by atoms with Gasteiger partial charge in [0.2, 0.25) is 11.8 Å². The van der Waals surface area contributed by atoms with Crippen LogP contribution in [0, 0.1) is 0 Å². The van der Waals surface area contributed by atoms with Crippen molar-refractivity contribution in [3.05, 3.63) is 46.9 Å². The van der Waals surface area contributed by atoms with Crippen LogP contribution in [-0.2, 0) is 27.9 Å². The van der Waals surface area contributed by atoms with Crippen molar-refractivity contribution in [3.63, 3.8) is 0 Å². The van der Waals surface area contributed by atoms with E-state index in [1.54, 1.807) is 29.1 Å². The molecule has 8 heteroatoms. The molecule has 8 nitrogen and oxygen atoms in total. The van der Waals surface area contributed by atoms with E-state index in [4.69, 9.17) is 0 Å². The molecule has 0 unspecified atom stereocenters. The largest absolute Gasteiger partial charge is 0.331 e. The van der Waals surface area contributed by atoms with Gasteiger partial charge in [-0.05, 0) is 49.9 Å². The first-order valence-corrected chi connectivity index (χ1v) is 9.99. The first-order chi connectivity index (χ1) is 13.9. The van der Waals surface area contributed by atoms with Crippen molar-refractivity contribution < 1.29 is 14.4 Å². The van der Waals surface area contributed by atoms with Crippen molar-refractivity contribution in [2.45, 2.75) is 31.2 Å². The van der Waals surface area contributed by atoms with Crippen LogP contribution in [0.5, 0.6) is 0 Å². The van der Waals surface area contributed by atoms with Gasteiger partial charge in [0.25, 0.3) is 5.56 Å². The molecule has 0 aromatic carbocycles. The first kappa shape index (κ1) is 21.0. The standard InChI is InChI=1S/C21H28N4O4/c1-3-18(27)25-12-11-24(20(29)21(25)7-8-21)15-17(26)14-22-9-4-5-16-6-10-23(2)19(28)13-16/h3,6,10,13,22H,1,4-5,7-9,11-12,14-15H2,2H3. The Hall–Kier alpha value is -2.74. The van der Waals surface area contributed by atoms with E-state index in [-0.39, 0.29) is 36.2 Å². The topological polar surface area (TPSA) is 91.7 Å². The molecule has 1 saturated carbocycles. The average molecular weight is 400 g/mol. The SMILES string of the molecule is C=CC(=O)N1CCN(CC(=O)CNCCCc2ccn(C)c(=O)c2)C(=O)C12CC2. The lowest BCUT2D eigenvalue weighted by Gasteiger charge is -2.40. The predicted molar refractivity (Wildman–Crippen MR) is 108 cm³/mol. The highest BCUT2D eigenvalue weighted by molar-refractivity contribution is 5.99. The van der Waals surface area contributed by atoms with Gasteiger partial charge >= 0.3 is 0 Å². The Bertz CT molecular complexity index is 872. The summed E-state index contributed by atoms with van der Waals surface area (Å²) in [7, 11) is 1.71. The highest BCUT2D eigenvalue weighted by Gasteiger charge is 2.59. The molecule has 1 aliphatic carbocycles. The third-order valence-electron chi connectivity index (χ3n) is 5.64. The molecule has 1 aliphatic heterocycles. The Balaban J connectivity index is 1.39. The number of carbonyl (C=O) groups excluding carboxylic acids is 3. The highest BCUT2D eigenvalue weighted by atomic mass is 16.2.